The molecule has 3 aromatic carbocycles. The summed E-state index contributed by atoms with van der Waals surface area (Å²) in [5.41, 5.74) is 3.03. The van der Waals surface area contributed by atoms with Gasteiger partial charge in [0, 0.05) is 60.4 Å². The number of aliphatic hydroxyl groups is 1. The molecule has 0 aliphatic heterocycles. The molecule has 0 unspecified atom stereocenters. The second-order valence-corrected chi connectivity index (χ2v) is 12.0. The van der Waals surface area contributed by atoms with Crippen LogP contribution in [0.3, 0.4) is 0 Å². The zero-order valence-corrected chi connectivity index (χ0v) is 28.5. The van der Waals surface area contributed by atoms with Crippen LogP contribution in [0.25, 0.3) is 21.9 Å². The Bertz CT molecular complexity index is 1480. The Labute approximate surface area is 265 Å². The van der Waals surface area contributed by atoms with Crippen LogP contribution in [0.2, 0.25) is 0 Å². The van der Waals surface area contributed by atoms with E-state index in [1.165, 1.54) is 22.8 Å². The molecule has 0 fully saturated rings. The molecular weight excluding hydrogens is 699 g/mol. The van der Waals surface area contributed by atoms with Crippen molar-refractivity contribution < 1.29 is 34.7 Å². The van der Waals surface area contributed by atoms with Gasteiger partial charge >= 0.3 is 0 Å². The summed E-state index contributed by atoms with van der Waals surface area (Å²) in [6.45, 7) is 16.1. The second-order valence-electron chi connectivity index (χ2n) is 12.0. The van der Waals surface area contributed by atoms with Crippen molar-refractivity contribution in [2.24, 2.45) is 10.8 Å². The van der Waals surface area contributed by atoms with E-state index in [0.29, 0.717) is 17.5 Å². The van der Waals surface area contributed by atoms with E-state index in [-0.39, 0.29) is 42.5 Å². The molecule has 5 heteroatoms. The van der Waals surface area contributed by atoms with E-state index in [9.17, 15) is 9.90 Å². The SMILES string of the molecule is CC(C)c1cc(-c2ccccc2)c2cnc(Oc3[c-]cccc3)cc2c1.CCC(C)(C)C(=O)/C=C(\O)C(C)(C)CC.[Ir]. The summed E-state index contributed by atoms with van der Waals surface area (Å²) in [6.07, 6.45) is 4.89. The first-order valence-electron chi connectivity index (χ1n) is 14.5. The van der Waals surface area contributed by atoms with Crippen LogP contribution < -0.4 is 4.74 Å². The molecule has 4 aromatic rings. The molecule has 1 aromatic heterocycles. The average Bonchev–Trinajstić information content (AvgIpc) is 2.97. The van der Waals surface area contributed by atoms with Crippen LogP contribution in [0.1, 0.15) is 79.7 Å². The number of pyridine rings is 1. The van der Waals surface area contributed by atoms with Crippen LogP contribution >= 0.6 is 0 Å². The molecular formula is C37H44IrNO3-. The standard InChI is InChI=1S/C24H20NO.C13H24O2.Ir/c1-17(2)19-13-20-15-24(26-21-11-7-4-8-12-21)25-16-23(20)22(14-19)18-9-5-3-6-10-18;1-7-12(3,4)10(14)9-11(15)13(5,6)8-2;/h3-11,13-17H,1-2H3;9,14H,7-8H2,1-6H3;/q-1;;/b;10-9-;. The number of carbonyl (C=O) groups excluding carboxylic acids is 1. The van der Waals surface area contributed by atoms with Crippen molar-refractivity contribution in [3.8, 4) is 22.8 Å². The number of fused-ring (bicyclic) bond motifs is 1. The Morgan fingerprint density at radius 3 is 2.17 bits per heavy atom. The van der Waals surface area contributed by atoms with Crippen LogP contribution in [0.4, 0.5) is 0 Å². The molecule has 0 amide bonds. The van der Waals surface area contributed by atoms with Crippen molar-refractivity contribution in [3.63, 3.8) is 0 Å². The van der Waals surface area contributed by atoms with Crippen molar-refractivity contribution in [1.82, 2.24) is 4.98 Å². The van der Waals surface area contributed by atoms with Crippen LogP contribution in [0.5, 0.6) is 11.6 Å². The van der Waals surface area contributed by atoms with E-state index < -0.39 is 0 Å². The first-order valence-corrected chi connectivity index (χ1v) is 14.5. The zero-order chi connectivity index (χ0) is 30.2. The number of para-hydroxylation sites is 1. The van der Waals surface area contributed by atoms with Crippen molar-refractivity contribution >= 4 is 16.6 Å². The van der Waals surface area contributed by atoms with E-state index in [0.717, 1.165) is 23.6 Å². The van der Waals surface area contributed by atoms with Gasteiger partial charge in [0.15, 0.2) is 5.78 Å². The Morgan fingerprint density at radius 2 is 1.60 bits per heavy atom. The van der Waals surface area contributed by atoms with Crippen molar-refractivity contribution in [2.45, 2.75) is 74.1 Å². The van der Waals surface area contributed by atoms with Crippen molar-refractivity contribution in [1.29, 1.82) is 0 Å². The molecule has 0 atom stereocenters. The maximum absolute atomic E-state index is 11.8. The number of aliphatic hydroxyl groups excluding tert-OH is 1. The summed E-state index contributed by atoms with van der Waals surface area (Å²) >= 11 is 0. The van der Waals surface area contributed by atoms with Gasteiger partial charge in [0.1, 0.15) is 5.76 Å². The monoisotopic (exact) mass is 743 g/mol. The maximum Gasteiger partial charge on any atom is 0.217 e. The fourth-order valence-electron chi connectivity index (χ4n) is 3.93. The van der Waals surface area contributed by atoms with Crippen LogP contribution in [-0.2, 0) is 24.9 Å². The largest absolute Gasteiger partial charge is 0.512 e. The van der Waals surface area contributed by atoms with E-state index in [1.807, 2.05) is 84.1 Å². The predicted molar refractivity (Wildman–Crippen MR) is 170 cm³/mol. The number of benzene rings is 3. The van der Waals surface area contributed by atoms with E-state index >= 15 is 0 Å². The van der Waals surface area contributed by atoms with Gasteiger partial charge in [-0.05, 0) is 40.8 Å². The number of ether oxygens (including phenoxy) is 1. The van der Waals surface area contributed by atoms with E-state index in [2.05, 4.69) is 61.3 Å². The molecule has 1 radical (unpaired) electrons. The van der Waals surface area contributed by atoms with Crippen molar-refractivity contribution in [3.05, 3.63) is 102 Å². The number of rotatable bonds is 9. The van der Waals surface area contributed by atoms with Gasteiger partial charge in [-0.15, -0.1) is 12.1 Å². The summed E-state index contributed by atoms with van der Waals surface area (Å²) in [5, 5.41) is 12.1. The molecule has 1 heterocycles. The summed E-state index contributed by atoms with van der Waals surface area (Å²) in [4.78, 5) is 16.4. The molecule has 4 rings (SSSR count). The Kier molecular flexibility index (Phi) is 12.7. The van der Waals surface area contributed by atoms with Crippen molar-refractivity contribution in [2.75, 3.05) is 0 Å². The predicted octanol–water partition coefficient (Wildman–Crippen LogP) is 10.5. The number of hydrogen-bond donors (Lipinski definition) is 1. The summed E-state index contributed by atoms with van der Waals surface area (Å²) in [7, 11) is 0. The van der Waals surface area contributed by atoms with Crippen LogP contribution in [0.15, 0.2) is 90.8 Å². The molecule has 0 spiro atoms. The second kappa shape index (κ2) is 15.3. The molecule has 0 bridgehead atoms. The first-order chi connectivity index (χ1) is 19.4. The number of ketones is 1. The van der Waals surface area contributed by atoms with Crippen LogP contribution in [-0.4, -0.2) is 15.9 Å². The number of carbonyl (C=O) groups is 1. The number of hydrogen-bond acceptors (Lipinski definition) is 4. The molecule has 4 nitrogen and oxygen atoms in total. The van der Waals surface area contributed by atoms with Gasteiger partial charge in [-0.3, -0.25) is 4.79 Å². The zero-order valence-electron chi connectivity index (χ0n) is 26.1. The fraction of sp³-hybridized carbons (Fsp3) is 0.351. The molecule has 225 valence electrons. The van der Waals surface area contributed by atoms with E-state index in [1.54, 1.807) is 0 Å². The Morgan fingerprint density at radius 1 is 0.952 bits per heavy atom. The fourth-order valence-corrected chi connectivity index (χ4v) is 3.93. The summed E-state index contributed by atoms with van der Waals surface area (Å²) in [5.74, 6) is 1.89. The molecule has 1 N–H and O–H groups in total. The Hall–Kier alpha value is -3.27. The van der Waals surface area contributed by atoms with Gasteiger partial charge in [-0.25, -0.2) is 4.98 Å². The normalized spacial score (nSPS) is 11.9. The average molecular weight is 743 g/mol. The molecule has 0 saturated carbocycles. The quantitative estimate of drug-likeness (QED) is 0.105. The van der Waals surface area contributed by atoms with Gasteiger partial charge in [-0.1, -0.05) is 97.9 Å². The van der Waals surface area contributed by atoms with Gasteiger partial charge < -0.3 is 9.84 Å². The third-order valence-electron chi connectivity index (χ3n) is 7.88. The minimum Gasteiger partial charge on any atom is -0.512 e. The molecule has 0 aliphatic carbocycles. The van der Waals surface area contributed by atoms with Crippen LogP contribution in [0, 0.1) is 16.9 Å². The topological polar surface area (TPSA) is 59.4 Å². The van der Waals surface area contributed by atoms with Gasteiger partial charge in [0.25, 0.3) is 0 Å². The van der Waals surface area contributed by atoms with Gasteiger partial charge in [0.2, 0.25) is 5.88 Å². The number of aromatic nitrogens is 1. The minimum atomic E-state index is -0.377. The summed E-state index contributed by atoms with van der Waals surface area (Å²) in [6, 6.07) is 27.6. The minimum absolute atomic E-state index is 0. The molecule has 42 heavy (non-hydrogen) atoms. The third kappa shape index (κ3) is 9.11. The first kappa shape index (κ1) is 34.9. The smallest absolute Gasteiger partial charge is 0.217 e. The summed E-state index contributed by atoms with van der Waals surface area (Å²) < 4.78 is 5.87. The Balaban J connectivity index is 0.000000334. The van der Waals surface area contributed by atoms with E-state index in [4.69, 9.17) is 4.74 Å². The number of nitrogens with zero attached hydrogens (tertiary/aromatic N) is 1. The number of allylic oxidation sites excluding steroid dienone is 2. The third-order valence-corrected chi connectivity index (χ3v) is 7.88. The molecule has 0 aliphatic rings. The van der Waals surface area contributed by atoms with Gasteiger partial charge in [-0.2, -0.15) is 18.2 Å². The molecule has 0 saturated heterocycles. The van der Waals surface area contributed by atoms with Gasteiger partial charge in [0.05, 0.1) is 0 Å². The maximum atomic E-state index is 11.8.